The number of aromatic hydroxyl groups is 1. The smallest absolute Gasteiger partial charge is 0.278 e. The highest BCUT2D eigenvalue weighted by molar-refractivity contribution is 5.97. The van der Waals surface area contributed by atoms with E-state index in [0.717, 1.165) is 6.07 Å². The molecule has 0 spiro atoms. The lowest BCUT2D eigenvalue weighted by Crippen LogP contribution is -2.18. The van der Waals surface area contributed by atoms with E-state index in [2.05, 4.69) is 0 Å². The molecule has 0 radical (unpaired) electrons. The molecule has 0 aromatic heterocycles. The van der Waals surface area contributed by atoms with Gasteiger partial charge in [0, 0.05) is 11.6 Å². The third-order valence-electron chi connectivity index (χ3n) is 2.58. The minimum absolute atomic E-state index is 0.0772. The summed E-state index contributed by atoms with van der Waals surface area (Å²) >= 11 is 0. The Morgan fingerprint density at radius 1 is 1.11 bits per heavy atom. The lowest BCUT2D eigenvalue weighted by Gasteiger charge is -2.07. The standard InChI is InChI=1S/C13H9F2NO3/c14-8-2-3-9(11(15)6-8)7-1-4-12(17)10(5-7)13(18)16-19/h1-6,17,19H,(H,16,18). The third kappa shape index (κ3) is 2.53. The van der Waals surface area contributed by atoms with E-state index in [0.29, 0.717) is 6.07 Å². The maximum atomic E-state index is 13.6. The van der Waals surface area contributed by atoms with Crippen LogP contribution in [0.1, 0.15) is 10.4 Å². The molecule has 0 saturated heterocycles. The van der Waals surface area contributed by atoms with Crippen LogP contribution in [0, 0.1) is 11.6 Å². The van der Waals surface area contributed by atoms with Crippen molar-refractivity contribution in [2.45, 2.75) is 0 Å². The van der Waals surface area contributed by atoms with E-state index in [1.165, 1.54) is 29.7 Å². The number of phenols is 1. The first-order valence-corrected chi connectivity index (χ1v) is 5.26. The van der Waals surface area contributed by atoms with Crippen LogP contribution < -0.4 is 5.48 Å². The summed E-state index contributed by atoms with van der Waals surface area (Å²) < 4.78 is 26.4. The summed E-state index contributed by atoms with van der Waals surface area (Å²) in [4.78, 5) is 11.3. The molecule has 0 aliphatic rings. The third-order valence-corrected chi connectivity index (χ3v) is 2.58. The van der Waals surface area contributed by atoms with Gasteiger partial charge in [-0.1, -0.05) is 6.07 Å². The quantitative estimate of drug-likeness (QED) is 0.577. The fourth-order valence-corrected chi connectivity index (χ4v) is 1.67. The fraction of sp³-hybridized carbons (Fsp3) is 0. The zero-order chi connectivity index (χ0) is 14.0. The second kappa shape index (κ2) is 5.03. The Morgan fingerprint density at radius 3 is 2.47 bits per heavy atom. The zero-order valence-electron chi connectivity index (χ0n) is 9.52. The molecule has 2 aromatic carbocycles. The highest BCUT2D eigenvalue weighted by Crippen LogP contribution is 2.28. The van der Waals surface area contributed by atoms with Gasteiger partial charge in [0.1, 0.15) is 17.4 Å². The molecule has 0 atom stereocenters. The summed E-state index contributed by atoms with van der Waals surface area (Å²) in [6.07, 6.45) is 0. The van der Waals surface area contributed by atoms with Gasteiger partial charge in [0.2, 0.25) is 0 Å². The van der Waals surface area contributed by atoms with E-state index in [1.54, 1.807) is 0 Å². The van der Waals surface area contributed by atoms with E-state index in [-0.39, 0.29) is 22.4 Å². The topological polar surface area (TPSA) is 69.6 Å². The number of nitrogens with one attached hydrogen (secondary N) is 1. The van der Waals surface area contributed by atoms with Crippen LogP contribution in [0.2, 0.25) is 0 Å². The molecule has 2 aromatic rings. The second-order valence-corrected chi connectivity index (χ2v) is 3.80. The van der Waals surface area contributed by atoms with Crippen LogP contribution in [0.3, 0.4) is 0 Å². The SMILES string of the molecule is O=C(NO)c1cc(-c2ccc(F)cc2F)ccc1O. The van der Waals surface area contributed by atoms with Gasteiger partial charge in [-0.3, -0.25) is 10.0 Å². The molecule has 98 valence electrons. The normalized spacial score (nSPS) is 10.3. The predicted molar refractivity (Wildman–Crippen MR) is 62.7 cm³/mol. The van der Waals surface area contributed by atoms with Gasteiger partial charge in [-0.05, 0) is 29.8 Å². The minimum atomic E-state index is -0.929. The molecule has 0 heterocycles. The van der Waals surface area contributed by atoms with Crippen LogP contribution >= 0.6 is 0 Å². The van der Waals surface area contributed by atoms with Crippen molar-refractivity contribution in [2.75, 3.05) is 0 Å². The van der Waals surface area contributed by atoms with E-state index in [1.807, 2.05) is 0 Å². The molecule has 0 aliphatic carbocycles. The van der Waals surface area contributed by atoms with Crippen molar-refractivity contribution in [3.8, 4) is 16.9 Å². The first-order valence-electron chi connectivity index (χ1n) is 5.26. The van der Waals surface area contributed by atoms with Gasteiger partial charge in [-0.2, -0.15) is 0 Å². The van der Waals surface area contributed by atoms with Gasteiger partial charge >= 0.3 is 0 Å². The first-order chi connectivity index (χ1) is 9.02. The van der Waals surface area contributed by atoms with Crippen molar-refractivity contribution in [1.82, 2.24) is 5.48 Å². The van der Waals surface area contributed by atoms with Crippen molar-refractivity contribution in [2.24, 2.45) is 0 Å². The van der Waals surface area contributed by atoms with Gasteiger partial charge in [0.15, 0.2) is 0 Å². The molecule has 0 aliphatic heterocycles. The Morgan fingerprint density at radius 2 is 1.84 bits per heavy atom. The molecule has 4 nitrogen and oxygen atoms in total. The van der Waals surface area contributed by atoms with Crippen molar-refractivity contribution in [1.29, 1.82) is 0 Å². The van der Waals surface area contributed by atoms with E-state index in [4.69, 9.17) is 5.21 Å². The average Bonchev–Trinajstić information content (AvgIpc) is 2.39. The van der Waals surface area contributed by atoms with Gasteiger partial charge in [0.05, 0.1) is 5.56 Å². The number of amides is 1. The summed E-state index contributed by atoms with van der Waals surface area (Å²) in [7, 11) is 0. The average molecular weight is 265 g/mol. The van der Waals surface area contributed by atoms with Crippen molar-refractivity contribution >= 4 is 5.91 Å². The molecular formula is C13H9F2NO3. The van der Waals surface area contributed by atoms with Crippen LogP contribution in [0.4, 0.5) is 8.78 Å². The maximum absolute atomic E-state index is 13.6. The lowest BCUT2D eigenvalue weighted by molar-refractivity contribution is 0.0703. The van der Waals surface area contributed by atoms with E-state index >= 15 is 0 Å². The molecular weight excluding hydrogens is 256 g/mol. The molecule has 2 rings (SSSR count). The van der Waals surface area contributed by atoms with Gasteiger partial charge < -0.3 is 5.11 Å². The number of carbonyl (C=O) groups is 1. The number of phenolic OH excluding ortho intramolecular Hbond substituents is 1. The Hall–Kier alpha value is -2.47. The summed E-state index contributed by atoms with van der Waals surface area (Å²) in [6, 6.07) is 6.77. The highest BCUT2D eigenvalue weighted by atomic mass is 19.1. The van der Waals surface area contributed by atoms with Gasteiger partial charge in [-0.25, -0.2) is 14.3 Å². The van der Waals surface area contributed by atoms with Crippen molar-refractivity contribution in [3.05, 3.63) is 53.6 Å². The molecule has 0 bridgehead atoms. The first kappa shape index (κ1) is 13.0. The Labute approximate surface area is 106 Å². The number of hydrogen-bond acceptors (Lipinski definition) is 3. The van der Waals surface area contributed by atoms with Crippen LogP contribution in [-0.2, 0) is 0 Å². The zero-order valence-corrected chi connectivity index (χ0v) is 9.52. The minimum Gasteiger partial charge on any atom is -0.507 e. The number of rotatable bonds is 2. The Bertz CT molecular complexity index is 644. The Kier molecular flexibility index (Phi) is 3.43. The van der Waals surface area contributed by atoms with Crippen molar-refractivity contribution < 1.29 is 23.9 Å². The molecule has 0 fully saturated rings. The molecule has 1 amide bonds. The summed E-state index contributed by atoms with van der Waals surface area (Å²) in [5.74, 6) is -2.80. The number of benzene rings is 2. The number of hydrogen-bond donors (Lipinski definition) is 3. The maximum Gasteiger partial charge on any atom is 0.278 e. The number of halogens is 2. The summed E-state index contributed by atoms with van der Waals surface area (Å²) in [6.45, 7) is 0. The lowest BCUT2D eigenvalue weighted by atomic mass is 10.0. The molecule has 0 saturated carbocycles. The van der Waals surface area contributed by atoms with E-state index in [9.17, 15) is 18.7 Å². The second-order valence-electron chi connectivity index (χ2n) is 3.80. The summed E-state index contributed by atoms with van der Waals surface area (Å²) in [5.41, 5.74) is 1.50. The van der Waals surface area contributed by atoms with Crippen LogP contribution in [-0.4, -0.2) is 16.2 Å². The van der Waals surface area contributed by atoms with Crippen molar-refractivity contribution in [3.63, 3.8) is 0 Å². The van der Waals surface area contributed by atoms with Crippen LogP contribution in [0.5, 0.6) is 5.75 Å². The van der Waals surface area contributed by atoms with Gasteiger partial charge in [-0.15, -0.1) is 0 Å². The summed E-state index contributed by atoms with van der Waals surface area (Å²) in [5, 5.41) is 18.0. The molecule has 6 heteroatoms. The molecule has 19 heavy (non-hydrogen) atoms. The van der Waals surface area contributed by atoms with Gasteiger partial charge in [0.25, 0.3) is 5.91 Å². The predicted octanol–water partition coefficient (Wildman–Crippen LogP) is 2.46. The Balaban J connectivity index is 2.54. The molecule has 3 N–H and O–H groups in total. The monoisotopic (exact) mass is 265 g/mol. The highest BCUT2D eigenvalue weighted by Gasteiger charge is 2.13. The number of carbonyl (C=O) groups excluding carboxylic acids is 1. The molecule has 0 unspecified atom stereocenters. The van der Waals surface area contributed by atoms with E-state index < -0.39 is 17.5 Å². The fourth-order valence-electron chi connectivity index (χ4n) is 1.67. The largest absolute Gasteiger partial charge is 0.507 e. The van der Waals surface area contributed by atoms with Crippen LogP contribution in [0.15, 0.2) is 36.4 Å². The van der Waals surface area contributed by atoms with Crippen LogP contribution in [0.25, 0.3) is 11.1 Å². The number of hydroxylamine groups is 1.